The molecule has 2 saturated heterocycles. The Bertz CT molecular complexity index is 910. The number of nitrogens with one attached hydrogen (secondary N) is 1. The van der Waals surface area contributed by atoms with Gasteiger partial charge in [0.15, 0.2) is 0 Å². The molecule has 2 aliphatic heterocycles. The Balaban J connectivity index is 1.63. The highest BCUT2D eigenvalue weighted by molar-refractivity contribution is 5.95. The average Bonchev–Trinajstić information content (AvgIpc) is 3.04. The molecule has 4 rings (SSSR count). The van der Waals surface area contributed by atoms with E-state index >= 15 is 0 Å². The smallest absolute Gasteiger partial charge is 0.254 e. The lowest BCUT2D eigenvalue weighted by Crippen LogP contribution is -2.45. The molecule has 2 aromatic rings. The van der Waals surface area contributed by atoms with Crippen LogP contribution in [0.15, 0.2) is 48.5 Å². The third-order valence-corrected chi connectivity index (χ3v) is 6.29. The third kappa shape index (κ3) is 4.59. The van der Waals surface area contributed by atoms with Gasteiger partial charge in [0.1, 0.15) is 5.75 Å². The summed E-state index contributed by atoms with van der Waals surface area (Å²) >= 11 is 0. The van der Waals surface area contributed by atoms with Gasteiger partial charge in [0, 0.05) is 18.6 Å². The molecule has 2 aromatic carbocycles. The van der Waals surface area contributed by atoms with Crippen LogP contribution in [0, 0.1) is 0 Å². The molecule has 0 bridgehead atoms. The standard InChI is InChI=1S/C25H30N2O4/c1-3-31-16-17-7-9-19(10-8-17)25(29)27-22-5-4-6-24(28)26-21(22)15-23(27)18-11-13-20(30-2)14-12-18/h7-14,21-23H,3-6,15-16H2,1-2H3,(H,26,28)/t21-,22+,23+/m0/s1. The zero-order chi connectivity index (χ0) is 21.8. The van der Waals surface area contributed by atoms with Gasteiger partial charge in [-0.3, -0.25) is 9.59 Å². The topological polar surface area (TPSA) is 67.9 Å². The number of carbonyl (C=O) groups excluding carboxylic acids is 2. The number of benzene rings is 2. The summed E-state index contributed by atoms with van der Waals surface area (Å²) in [6.07, 6.45) is 2.86. The molecule has 0 saturated carbocycles. The van der Waals surface area contributed by atoms with Gasteiger partial charge in [0.05, 0.1) is 31.8 Å². The van der Waals surface area contributed by atoms with E-state index in [1.807, 2.05) is 60.4 Å². The maximum absolute atomic E-state index is 13.7. The fraction of sp³-hybridized carbons (Fsp3) is 0.440. The highest BCUT2D eigenvalue weighted by Gasteiger charge is 2.45. The second kappa shape index (κ2) is 9.52. The molecule has 0 unspecified atom stereocenters. The Kier molecular flexibility index (Phi) is 6.56. The molecule has 2 heterocycles. The number of ether oxygens (including phenoxy) is 2. The normalized spacial score (nSPS) is 23.1. The summed E-state index contributed by atoms with van der Waals surface area (Å²) in [7, 11) is 1.64. The number of methoxy groups -OCH3 is 1. The van der Waals surface area contributed by atoms with Crippen LogP contribution in [-0.2, 0) is 16.1 Å². The van der Waals surface area contributed by atoms with Crippen molar-refractivity contribution in [1.82, 2.24) is 10.2 Å². The van der Waals surface area contributed by atoms with E-state index in [0.29, 0.717) is 25.2 Å². The van der Waals surface area contributed by atoms with Crippen molar-refractivity contribution in [3.63, 3.8) is 0 Å². The molecule has 164 valence electrons. The lowest BCUT2D eigenvalue weighted by molar-refractivity contribution is -0.121. The van der Waals surface area contributed by atoms with Gasteiger partial charge in [-0.15, -0.1) is 0 Å². The van der Waals surface area contributed by atoms with Crippen LogP contribution in [0.1, 0.15) is 60.1 Å². The number of carbonyl (C=O) groups is 2. The fourth-order valence-corrected chi connectivity index (χ4v) is 4.71. The van der Waals surface area contributed by atoms with Gasteiger partial charge in [0.2, 0.25) is 5.91 Å². The first-order chi connectivity index (χ1) is 15.1. The molecule has 3 atom stereocenters. The number of rotatable bonds is 6. The summed E-state index contributed by atoms with van der Waals surface area (Å²) in [4.78, 5) is 27.9. The SMILES string of the molecule is CCOCc1ccc(C(=O)N2[C@@H](c3ccc(OC)cc3)C[C@@H]3NC(=O)CCC[C@H]32)cc1. The summed E-state index contributed by atoms with van der Waals surface area (Å²) in [6, 6.07) is 15.4. The maximum atomic E-state index is 13.7. The minimum Gasteiger partial charge on any atom is -0.497 e. The van der Waals surface area contributed by atoms with Crippen LogP contribution in [0.3, 0.4) is 0 Å². The van der Waals surface area contributed by atoms with E-state index in [9.17, 15) is 9.59 Å². The highest BCUT2D eigenvalue weighted by atomic mass is 16.5. The molecule has 2 aliphatic rings. The van der Waals surface area contributed by atoms with E-state index in [2.05, 4.69) is 5.32 Å². The summed E-state index contributed by atoms with van der Waals surface area (Å²) in [5.74, 6) is 0.870. The first-order valence-corrected chi connectivity index (χ1v) is 11.0. The Morgan fingerprint density at radius 3 is 2.55 bits per heavy atom. The lowest BCUT2D eigenvalue weighted by Gasteiger charge is -2.31. The van der Waals surface area contributed by atoms with Crippen molar-refractivity contribution >= 4 is 11.8 Å². The molecule has 0 aromatic heterocycles. The second-order valence-corrected chi connectivity index (χ2v) is 8.20. The number of hydrogen-bond acceptors (Lipinski definition) is 4. The molecule has 2 amide bonds. The van der Waals surface area contributed by atoms with E-state index in [1.54, 1.807) is 7.11 Å². The van der Waals surface area contributed by atoms with E-state index < -0.39 is 0 Å². The van der Waals surface area contributed by atoms with Crippen LogP contribution in [0.25, 0.3) is 0 Å². The predicted molar refractivity (Wildman–Crippen MR) is 118 cm³/mol. The third-order valence-electron chi connectivity index (χ3n) is 6.29. The summed E-state index contributed by atoms with van der Waals surface area (Å²) in [5.41, 5.74) is 2.77. The van der Waals surface area contributed by atoms with Crippen LogP contribution in [0.2, 0.25) is 0 Å². The Labute approximate surface area is 183 Å². The van der Waals surface area contributed by atoms with Gasteiger partial charge in [0.25, 0.3) is 5.91 Å². The van der Waals surface area contributed by atoms with Crippen LogP contribution < -0.4 is 10.1 Å². The molecule has 31 heavy (non-hydrogen) atoms. The zero-order valence-corrected chi connectivity index (χ0v) is 18.2. The monoisotopic (exact) mass is 422 g/mol. The van der Waals surface area contributed by atoms with Crippen molar-refractivity contribution in [1.29, 1.82) is 0 Å². The van der Waals surface area contributed by atoms with Crippen molar-refractivity contribution < 1.29 is 19.1 Å². The first kappa shape index (κ1) is 21.4. The van der Waals surface area contributed by atoms with Crippen molar-refractivity contribution in [3.05, 3.63) is 65.2 Å². The van der Waals surface area contributed by atoms with Gasteiger partial charge < -0.3 is 19.7 Å². The molecule has 6 heteroatoms. The number of fused-ring (bicyclic) bond motifs is 1. The minimum absolute atomic E-state index is 0.00541. The van der Waals surface area contributed by atoms with Gasteiger partial charge in [-0.1, -0.05) is 24.3 Å². The number of nitrogens with zero attached hydrogens (tertiary/aromatic N) is 1. The maximum Gasteiger partial charge on any atom is 0.254 e. The Morgan fingerprint density at radius 1 is 1.13 bits per heavy atom. The van der Waals surface area contributed by atoms with Crippen molar-refractivity contribution in [2.24, 2.45) is 0 Å². The quantitative estimate of drug-likeness (QED) is 0.768. The fourth-order valence-electron chi connectivity index (χ4n) is 4.71. The van der Waals surface area contributed by atoms with Crippen LogP contribution in [0.4, 0.5) is 0 Å². The molecule has 2 fully saturated rings. The van der Waals surface area contributed by atoms with E-state index in [0.717, 1.165) is 36.1 Å². The predicted octanol–water partition coefficient (Wildman–Crippen LogP) is 3.86. The van der Waals surface area contributed by atoms with Gasteiger partial charge >= 0.3 is 0 Å². The van der Waals surface area contributed by atoms with Crippen molar-refractivity contribution in [2.45, 2.75) is 57.3 Å². The average molecular weight is 423 g/mol. The highest BCUT2D eigenvalue weighted by Crippen LogP contribution is 2.40. The number of hydrogen-bond donors (Lipinski definition) is 1. The zero-order valence-electron chi connectivity index (χ0n) is 18.2. The van der Waals surface area contributed by atoms with Gasteiger partial charge in [-0.2, -0.15) is 0 Å². The van der Waals surface area contributed by atoms with E-state index in [4.69, 9.17) is 9.47 Å². The summed E-state index contributed by atoms with van der Waals surface area (Å²) in [6.45, 7) is 3.17. The number of likely N-dealkylation sites (tertiary alicyclic amines) is 1. The Hall–Kier alpha value is -2.86. The molecule has 0 spiro atoms. The second-order valence-electron chi connectivity index (χ2n) is 8.20. The van der Waals surface area contributed by atoms with E-state index in [1.165, 1.54) is 0 Å². The number of amides is 2. The summed E-state index contributed by atoms with van der Waals surface area (Å²) < 4.78 is 10.8. The molecule has 0 aliphatic carbocycles. The summed E-state index contributed by atoms with van der Waals surface area (Å²) in [5, 5.41) is 3.16. The molecule has 1 N–H and O–H groups in total. The van der Waals surface area contributed by atoms with Crippen molar-refractivity contribution in [2.75, 3.05) is 13.7 Å². The van der Waals surface area contributed by atoms with Crippen LogP contribution in [0.5, 0.6) is 5.75 Å². The molecular weight excluding hydrogens is 392 g/mol. The Morgan fingerprint density at radius 2 is 1.87 bits per heavy atom. The van der Waals surface area contributed by atoms with Crippen molar-refractivity contribution in [3.8, 4) is 5.75 Å². The lowest BCUT2D eigenvalue weighted by atomic mass is 10.0. The van der Waals surface area contributed by atoms with Gasteiger partial charge in [-0.05, 0) is 61.6 Å². The van der Waals surface area contributed by atoms with E-state index in [-0.39, 0.29) is 29.9 Å². The van der Waals surface area contributed by atoms with Crippen LogP contribution >= 0.6 is 0 Å². The largest absolute Gasteiger partial charge is 0.497 e. The molecular formula is C25H30N2O4. The minimum atomic E-state index is -0.0880. The van der Waals surface area contributed by atoms with Crippen LogP contribution in [-0.4, -0.2) is 42.5 Å². The van der Waals surface area contributed by atoms with Gasteiger partial charge in [-0.25, -0.2) is 0 Å². The first-order valence-electron chi connectivity index (χ1n) is 11.0. The molecule has 6 nitrogen and oxygen atoms in total. The molecule has 0 radical (unpaired) electrons.